The van der Waals surface area contributed by atoms with Crippen molar-refractivity contribution in [2.75, 3.05) is 6.61 Å². The first kappa shape index (κ1) is 20.3. The first-order valence-electron chi connectivity index (χ1n) is 6.73. The highest BCUT2D eigenvalue weighted by molar-refractivity contribution is 9.12. The van der Waals surface area contributed by atoms with Crippen molar-refractivity contribution in [2.45, 2.75) is 39.0 Å². The largest absolute Gasteiger partial charge is 0.541 e. The average molecular weight is 418 g/mol. The predicted octanol–water partition coefficient (Wildman–Crippen LogP) is 5.12. The Morgan fingerprint density at radius 2 is 2.13 bits per heavy atom. The molecule has 0 saturated heterocycles. The molecular weight excluding hydrogens is 401 g/mol. The number of ether oxygens (including phenoxy) is 1. The summed E-state index contributed by atoms with van der Waals surface area (Å²) in [7, 11) is -5.13. The Balaban J connectivity index is 2.98. The van der Waals surface area contributed by atoms with Crippen molar-refractivity contribution in [1.29, 1.82) is 0 Å². The van der Waals surface area contributed by atoms with Gasteiger partial charge in [-0.3, -0.25) is 4.89 Å². The summed E-state index contributed by atoms with van der Waals surface area (Å²) in [5, 5.41) is 0. The van der Waals surface area contributed by atoms with Crippen molar-refractivity contribution in [3.8, 4) is 0 Å². The number of carbonyl (C=O) groups excluding carboxylic acids is 1. The van der Waals surface area contributed by atoms with Gasteiger partial charge >= 0.3 is 19.4 Å². The van der Waals surface area contributed by atoms with Gasteiger partial charge in [0.05, 0.1) is 12.7 Å². The Bertz CT molecular complexity index is 547. The molecule has 0 saturated carbocycles. The monoisotopic (exact) mass is 417 g/mol. The molecule has 131 valence electrons. The van der Waals surface area contributed by atoms with E-state index >= 15 is 0 Å². The van der Waals surface area contributed by atoms with Gasteiger partial charge in [-0.05, 0) is 33.6 Å². The Morgan fingerprint density at radius 3 is 2.65 bits per heavy atom. The smallest absolute Gasteiger partial charge is 0.430 e. The molecule has 1 atom stereocenters. The Hall–Kier alpha value is -0.760. The lowest BCUT2D eigenvalue weighted by Gasteiger charge is -2.27. The van der Waals surface area contributed by atoms with Crippen LogP contribution in [0.1, 0.15) is 27.2 Å². The third kappa shape index (κ3) is 5.11. The van der Waals surface area contributed by atoms with Crippen LogP contribution in [0.2, 0.25) is 0 Å². The van der Waals surface area contributed by atoms with E-state index in [0.29, 0.717) is 0 Å². The van der Waals surface area contributed by atoms with Gasteiger partial charge in [-0.1, -0.05) is 32.8 Å². The van der Waals surface area contributed by atoms with E-state index in [1.807, 2.05) is 0 Å². The first-order chi connectivity index (χ1) is 10.6. The molecule has 0 fully saturated rings. The van der Waals surface area contributed by atoms with E-state index < -0.39 is 31.1 Å². The summed E-state index contributed by atoms with van der Waals surface area (Å²) >= 11 is 2.96. The molecule has 0 amide bonds. The Labute approximate surface area is 141 Å². The van der Waals surface area contributed by atoms with E-state index in [9.17, 15) is 18.1 Å². The summed E-state index contributed by atoms with van der Waals surface area (Å²) < 4.78 is 55.1. The van der Waals surface area contributed by atoms with E-state index in [1.54, 1.807) is 6.42 Å². The van der Waals surface area contributed by atoms with Crippen LogP contribution in [0.3, 0.4) is 0 Å². The SMILES string of the molecule is CCOP(=O)(OOC(=O)OC(C)C)C(F)(F)C1=CC[CH]C=C1Br. The van der Waals surface area contributed by atoms with Crippen molar-refractivity contribution in [3.05, 3.63) is 28.6 Å². The van der Waals surface area contributed by atoms with Crippen LogP contribution in [0, 0.1) is 6.42 Å². The summed E-state index contributed by atoms with van der Waals surface area (Å²) in [6.07, 6.45) is 2.47. The summed E-state index contributed by atoms with van der Waals surface area (Å²) in [6.45, 7) is 4.05. The van der Waals surface area contributed by atoms with Crippen LogP contribution in [0.25, 0.3) is 0 Å². The quantitative estimate of drug-likeness (QED) is 0.248. The van der Waals surface area contributed by atoms with Crippen LogP contribution >= 0.6 is 23.5 Å². The van der Waals surface area contributed by atoms with E-state index in [-0.39, 0.29) is 17.5 Å². The molecule has 0 bridgehead atoms. The highest BCUT2D eigenvalue weighted by Crippen LogP contribution is 2.66. The third-order valence-electron chi connectivity index (χ3n) is 2.48. The molecule has 1 aliphatic rings. The van der Waals surface area contributed by atoms with Crippen molar-refractivity contribution in [2.24, 2.45) is 0 Å². The molecule has 0 spiro atoms. The van der Waals surface area contributed by atoms with E-state index in [4.69, 9.17) is 0 Å². The van der Waals surface area contributed by atoms with Gasteiger partial charge in [0, 0.05) is 10.1 Å². The number of allylic oxidation sites excluding steroid dienone is 4. The van der Waals surface area contributed by atoms with Crippen LogP contribution in [0.4, 0.5) is 13.6 Å². The molecular formula is C13H17BrF2O6P. The zero-order chi connectivity index (χ0) is 17.7. The fraction of sp³-hybridized carbons (Fsp3) is 0.538. The van der Waals surface area contributed by atoms with Gasteiger partial charge in [0.2, 0.25) is 0 Å². The van der Waals surface area contributed by atoms with Gasteiger partial charge < -0.3 is 9.26 Å². The summed E-state index contributed by atoms with van der Waals surface area (Å²) in [5.41, 5.74) is -4.59. The van der Waals surface area contributed by atoms with Crippen molar-refractivity contribution in [1.82, 2.24) is 0 Å². The van der Waals surface area contributed by atoms with Gasteiger partial charge in [0.15, 0.2) is 0 Å². The fourth-order valence-corrected chi connectivity index (χ4v) is 3.63. The van der Waals surface area contributed by atoms with Crippen molar-refractivity contribution < 1.29 is 37.0 Å². The van der Waals surface area contributed by atoms with E-state index in [0.717, 1.165) is 0 Å². The third-order valence-corrected chi connectivity index (χ3v) is 4.97. The van der Waals surface area contributed by atoms with Gasteiger partial charge in [-0.15, -0.1) is 0 Å². The number of hydrogen-bond donors (Lipinski definition) is 0. The van der Waals surface area contributed by atoms with Gasteiger partial charge in [-0.25, -0.2) is 9.36 Å². The minimum atomic E-state index is -5.13. The maximum Gasteiger partial charge on any atom is 0.541 e. The zero-order valence-corrected chi connectivity index (χ0v) is 15.2. The molecule has 0 aromatic rings. The summed E-state index contributed by atoms with van der Waals surface area (Å²) in [5.74, 6) is 0. The second-order valence-electron chi connectivity index (χ2n) is 4.63. The molecule has 1 aliphatic carbocycles. The maximum absolute atomic E-state index is 14.6. The van der Waals surface area contributed by atoms with Crippen LogP contribution in [0.15, 0.2) is 22.2 Å². The Kier molecular flexibility index (Phi) is 7.38. The number of alkyl halides is 2. The first-order valence-corrected chi connectivity index (χ1v) is 9.07. The topological polar surface area (TPSA) is 71.1 Å². The van der Waals surface area contributed by atoms with Crippen LogP contribution in [0.5, 0.6) is 0 Å². The van der Waals surface area contributed by atoms with E-state index in [1.165, 1.54) is 32.9 Å². The standard InChI is InChI=1S/C13H17BrF2O6P/c1-4-19-23(18,22-21-12(17)20-9(2)3)13(15,16)10-7-5-6-8-11(10)14/h6-9H,4-5H2,1-3H3. The normalized spacial score (nSPS) is 18.0. The summed E-state index contributed by atoms with van der Waals surface area (Å²) in [4.78, 5) is 15.3. The van der Waals surface area contributed by atoms with Crippen molar-refractivity contribution >= 4 is 29.7 Å². The predicted molar refractivity (Wildman–Crippen MR) is 82.0 cm³/mol. The Morgan fingerprint density at radius 1 is 1.48 bits per heavy atom. The van der Waals surface area contributed by atoms with E-state index in [2.05, 4.69) is 34.8 Å². The molecule has 0 aliphatic heterocycles. The van der Waals surface area contributed by atoms with Crippen LogP contribution in [-0.4, -0.2) is 24.5 Å². The number of carbonyl (C=O) groups is 1. The van der Waals surface area contributed by atoms with Crippen LogP contribution in [-0.2, 0) is 23.4 Å². The average Bonchev–Trinajstić information content (AvgIpc) is 2.45. The molecule has 0 aromatic carbocycles. The zero-order valence-electron chi connectivity index (χ0n) is 12.8. The fourth-order valence-electron chi connectivity index (χ4n) is 1.57. The lowest BCUT2D eigenvalue weighted by atomic mass is 10.1. The lowest BCUT2D eigenvalue weighted by molar-refractivity contribution is -0.188. The molecule has 6 nitrogen and oxygen atoms in total. The number of halogens is 3. The number of rotatable bonds is 7. The minimum absolute atomic E-state index is 0.0297. The number of hydrogen-bond acceptors (Lipinski definition) is 6. The lowest BCUT2D eigenvalue weighted by Crippen LogP contribution is -2.25. The minimum Gasteiger partial charge on any atom is -0.430 e. The second kappa shape index (κ2) is 8.37. The molecule has 1 radical (unpaired) electrons. The van der Waals surface area contributed by atoms with Crippen LogP contribution < -0.4 is 0 Å². The van der Waals surface area contributed by atoms with Crippen molar-refractivity contribution in [3.63, 3.8) is 0 Å². The molecule has 1 unspecified atom stereocenters. The van der Waals surface area contributed by atoms with Gasteiger partial charge in [0.25, 0.3) is 0 Å². The molecule has 0 heterocycles. The summed E-state index contributed by atoms with van der Waals surface area (Å²) in [6, 6.07) is 0. The molecule has 0 aromatic heterocycles. The highest BCUT2D eigenvalue weighted by Gasteiger charge is 2.59. The second-order valence-corrected chi connectivity index (χ2v) is 7.45. The highest BCUT2D eigenvalue weighted by atomic mass is 79.9. The molecule has 23 heavy (non-hydrogen) atoms. The molecule has 1 rings (SSSR count). The maximum atomic E-state index is 14.6. The van der Waals surface area contributed by atoms with Gasteiger partial charge in [0.1, 0.15) is 0 Å². The molecule has 10 heteroatoms. The van der Waals surface area contributed by atoms with Gasteiger partial charge in [-0.2, -0.15) is 8.78 Å². The molecule has 0 N–H and O–H groups in total.